The molecule has 6 heteroatoms. The molecule has 0 aliphatic heterocycles. The summed E-state index contributed by atoms with van der Waals surface area (Å²) in [6.07, 6.45) is 0. The summed E-state index contributed by atoms with van der Waals surface area (Å²) in [6.45, 7) is 9.54. The predicted octanol–water partition coefficient (Wildman–Crippen LogP) is 3.33. The van der Waals surface area contributed by atoms with Crippen molar-refractivity contribution in [2.24, 2.45) is 4.99 Å². The minimum Gasteiger partial charge on any atom is -0.492 e. The Morgan fingerprint density at radius 1 is 1.12 bits per heavy atom. The van der Waals surface area contributed by atoms with E-state index in [9.17, 15) is 0 Å². The lowest BCUT2D eigenvalue weighted by atomic mass is 10.2. The monoisotopic (exact) mass is 374 g/mol. The van der Waals surface area contributed by atoms with Crippen LogP contribution in [-0.2, 0) is 13.1 Å². The quantitative estimate of drug-likeness (QED) is 0.495. The van der Waals surface area contributed by atoms with Gasteiger partial charge >= 0.3 is 0 Å². The van der Waals surface area contributed by atoms with Crippen LogP contribution >= 0.6 is 11.3 Å². The first-order valence-electron chi connectivity index (χ1n) is 9.15. The van der Waals surface area contributed by atoms with Crippen LogP contribution in [0.3, 0.4) is 0 Å². The number of benzene rings is 1. The van der Waals surface area contributed by atoms with Gasteiger partial charge in [0, 0.05) is 32.2 Å². The largest absolute Gasteiger partial charge is 0.492 e. The van der Waals surface area contributed by atoms with E-state index in [-0.39, 0.29) is 0 Å². The Balaban J connectivity index is 1.84. The van der Waals surface area contributed by atoms with Gasteiger partial charge in [-0.25, -0.2) is 0 Å². The van der Waals surface area contributed by atoms with Gasteiger partial charge in [0.05, 0.1) is 0 Å². The van der Waals surface area contributed by atoms with E-state index in [1.54, 1.807) is 18.4 Å². The van der Waals surface area contributed by atoms with Gasteiger partial charge in [-0.15, -0.1) is 0 Å². The standard InChI is InChI=1S/C20H30N4OS/c1-4-24(5-2)11-12-25-19-9-7-6-8-18(19)15-23-20(21-3)22-14-17-10-13-26-16-17/h6-10,13,16H,4-5,11-12,14-15H2,1-3H3,(H2,21,22,23). The molecule has 26 heavy (non-hydrogen) atoms. The normalized spacial score (nSPS) is 11.6. The predicted molar refractivity (Wildman–Crippen MR) is 111 cm³/mol. The molecule has 5 nitrogen and oxygen atoms in total. The van der Waals surface area contributed by atoms with E-state index >= 15 is 0 Å². The summed E-state index contributed by atoms with van der Waals surface area (Å²) in [6, 6.07) is 10.3. The van der Waals surface area contributed by atoms with Gasteiger partial charge < -0.3 is 20.3 Å². The molecular weight excluding hydrogens is 344 g/mol. The maximum Gasteiger partial charge on any atom is 0.191 e. The minimum absolute atomic E-state index is 0.671. The molecule has 0 radical (unpaired) electrons. The number of nitrogens with one attached hydrogen (secondary N) is 2. The Kier molecular flexibility index (Phi) is 9.00. The highest BCUT2D eigenvalue weighted by atomic mass is 32.1. The molecule has 0 spiro atoms. The van der Waals surface area contributed by atoms with Crippen molar-refractivity contribution in [3.63, 3.8) is 0 Å². The Morgan fingerprint density at radius 3 is 2.58 bits per heavy atom. The summed E-state index contributed by atoms with van der Waals surface area (Å²) in [5, 5.41) is 10.9. The fourth-order valence-corrected chi connectivity index (χ4v) is 3.26. The average Bonchev–Trinajstić information content (AvgIpc) is 3.20. The highest BCUT2D eigenvalue weighted by molar-refractivity contribution is 7.07. The van der Waals surface area contributed by atoms with E-state index in [1.165, 1.54) is 5.56 Å². The molecule has 0 aliphatic carbocycles. The highest BCUT2D eigenvalue weighted by Gasteiger charge is 2.06. The second-order valence-corrected chi connectivity index (χ2v) is 6.67. The van der Waals surface area contributed by atoms with Crippen LogP contribution in [0.15, 0.2) is 46.1 Å². The number of thiophene rings is 1. The molecule has 0 fully saturated rings. The third-order valence-corrected chi connectivity index (χ3v) is 4.97. The summed E-state index contributed by atoms with van der Waals surface area (Å²) in [5.41, 5.74) is 2.39. The first-order chi connectivity index (χ1) is 12.8. The molecule has 142 valence electrons. The Labute approximate surface area is 161 Å². The summed E-state index contributed by atoms with van der Waals surface area (Å²) in [7, 11) is 1.79. The number of nitrogens with zero attached hydrogens (tertiary/aromatic N) is 2. The number of aliphatic imine (C=N–C) groups is 1. The summed E-state index contributed by atoms with van der Waals surface area (Å²) >= 11 is 1.70. The van der Waals surface area contributed by atoms with Gasteiger partial charge in [-0.2, -0.15) is 11.3 Å². The topological polar surface area (TPSA) is 48.9 Å². The highest BCUT2D eigenvalue weighted by Crippen LogP contribution is 2.17. The molecule has 2 rings (SSSR count). The molecule has 0 saturated heterocycles. The maximum atomic E-state index is 6.02. The van der Waals surface area contributed by atoms with Gasteiger partial charge in [0.2, 0.25) is 0 Å². The van der Waals surface area contributed by atoms with E-state index < -0.39 is 0 Å². The van der Waals surface area contributed by atoms with Crippen molar-refractivity contribution in [2.45, 2.75) is 26.9 Å². The molecular formula is C20H30N4OS. The molecule has 1 aromatic heterocycles. The number of para-hydroxylation sites is 1. The summed E-state index contributed by atoms with van der Waals surface area (Å²) in [5.74, 6) is 1.72. The lowest BCUT2D eigenvalue weighted by Gasteiger charge is -2.19. The summed E-state index contributed by atoms with van der Waals surface area (Å²) in [4.78, 5) is 6.65. The van der Waals surface area contributed by atoms with Gasteiger partial charge in [0.25, 0.3) is 0 Å². The van der Waals surface area contributed by atoms with Crippen LogP contribution in [0.25, 0.3) is 0 Å². The first-order valence-corrected chi connectivity index (χ1v) is 10.1. The number of rotatable bonds is 10. The SMILES string of the molecule is CCN(CC)CCOc1ccccc1CNC(=NC)NCc1ccsc1. The van der Waals surface area contributed by atoms with Gasteiger partial charge in [-0.1, -0.05) is 32.0 Å². The molecule has 0 amide bonds. The Bertz CT molecular complexity index is 654. The van der Waals surface area contributed by atoms with Crippen molar-refractivity contribution < 1.29 is 4.74 Å². The van der Waals surface area contributed by atoms with E-state index in [0.29, 0.717) is 13.2 Å². The zero-order valence-corrected chi connectivity index (χ0v) is 16.8. The van der Waals surface area contributed by atoms with Crippen LogP contribution in [0.4, 0.5) is 0 Å². The number of guanidine groups is 1. The number of likely N-dealkylation sites (N-methyl/N-ethyl adjacent to an activating group) is 1. The van der Waals surface area contributed by atoms with Gasteiger partial charge in [-0.3, -0.25) is 4.99 Å². The van der Waals surface area contributed by atoms with E-state index in [0.717, 1.165) is 43.5 Å². The fourth-order valence-electron chi connectivity index (χ4n) is 2.59. The number of hydrogen-bond donors (Lipinski definition) is 2. The number of hydrogen-bond acceptors (Lipinski definition) is 4. The van der Waals surface area contributed by atoms with Crippen molar-refractivity contribution in [3.05, 3.63) is 52.2 Å². The van der Waals surface area contributed by atoms with Crippen LogP contribution in [0.1, 0.15) is 25.0 Å². The molecule has 1 heterocycles. The minimum atomic E-state index is 0.671. The van der Waals surface area contributed by atoms with Crippen LogP contribution in [-0.4, -0.2) is 44.1 Å². The average molecular weight is 375 g/mol. The number of ether oxygens (including phenoxy) is 1. The van der Waals surface area contributed by atoms with Gasteiger partial charge in [0.15, 0.2) is 5.96 Å². The van der Waals surface area contributed by atoms with Crippen LogP contribution in [0, 0.1) is 0 Å². The van der Waals surface area contributed by atoms with Crippen LogP contribution < -0.4 is 15.4 Å². The van der Waals surface area contributed by atoms with Crippen molar-refractivity contribution >= 4 is 17.3 Å². The molecule has 0 aliphatic rings. The third kappa shape index (κ3) is 6.69. The smallest absolute Gasteiger partial charge is 0.191 e. The van der Waals surface area contributed by atoms with Gasteiger partial charge in [-0.05, 0) is 41.5 Å². The lowest BCUT2D eigenvalue weighted by molar-refractivity contribution is 0.221. The molecule has 0 atom stereocenters. The molecule has 2 aromatic rings. The Hall–Kier alpha value is -2.05. The zero-order valence-electron chi connectivity index (χ0n) is 16.0. The van der Waals surface area contributed by atoms with E-state index in [1.807, 2.05) is 18.2 Å². The van der Waals surface area contributed by atoms with Crippen molar-refractivity contribution in [2.75, 3.05) is 33.3 Å². The molecule has 1 aromatic carbocycles. The maximum absolute atomic E-state index is 6.02. The second kappa shape index (κ2) is 11.5. The second-order valence-electron chi connectivity index (χ2n) is 5.89. The summed E-state index contributed by atoms with van der Waals surface area (Å²) < 4.78 is 6.02. The lowest BCUT2D eigenvalue weighted by Crippen LogP contribution is -2.36. The van der Waals surface area contributed by atoms with Crippen molar-refractivity contribution in [1.82, 2.24) is 15.5 Å². The molecule has 2 N–H and O–H groups in total. The first kappa shape index (κ1) is 20.3. The Morgan fingerprint density at radius 2 is 1.88 bits per heavy atom. The molecule has 0 bridgehead atoms. The van der Waals surface area contributed by atoms with E-state index in [4.69, 9.17) is 4.74 Å². The van der Waals surface area contributed by atoms with E-state index in [2.05, 4.69) is 57.3 Å². The van der Waals surface area contributed by atoms with Crippen LogP contribution in [0.2, 0.25) is 0 Å². The van der Waals surface area contributed by atoms with Crippen molar-refractivity contribution in [3.8, 4) is 5.75 Å². The molecule has 0 unspecified atom stereocenters. The third-order valence-electron chi connectivity index (χ3n) is 4.24. The fraction of sp³-hybridized carbons (Fsp3) is 0.450. The van der Waals surface area contributed by atoms with Gasteiger partial charge in [0.1, 0.15) is 12.4 Å². The van der Waals surface area contributed by atoms with Crippen LogP contribution in [0.5, 0.6) is 5.75 Å². The zero-order chi connectivity index (χ0) is 18.6. The van der Waals surface area contributed by atoms with Crippen molar-refractivity contribution in [1.29, 1.82) is 0 Å². The molecule has 0 saturated carbocycles.